The van der Waals surface area contributed by atoms with Crippen LogP contribution in [0.5, 0.6) is 0 Å². The second kappa shape index (κ2) is 8.06. The Balaban J connectivity index is 1.69. The first-order valence-electron chi connectivity index (χ1n) is 10.7. The molecular weight excluding hydrogens is 386 g/mol. The minimum absolute atomic E-state index is 0.0915. The number of nitrogens with zero attached hydrogens (tertiary/aromatic N) is 3. The molecule has 31 heavy (non-hydrogen) atoms. The third-order valence-electron chi connectivity index (χ3n) is 5.98. The summed E-state index contributed by atoms with van der Waals surface area (Å²) in [5.41, 5.74) is 5.73. The van der Waals surface area contributed by atoms with Crippen molar-refractivity contribution in [1.82, 2.24) is 4.98 Å². The van der Waals surface area contributed by atoms with Gasteiger partial charge in [-0.05, 0) is 59.5 Å². The smallest absolute Gasteiger partial charge is 0.416 e. The Bertz CT molecular complexity index is 1080. The summed E-state index contributed by atoms with van der Waals surface area (Å²) in [6, 6.07) is 19.7. The van der Waals surface area contributed by atoms with Gasteiger partial charge in [-0.15, -0.1) is 0 Å². The van der Waals surface area contributed by atoms with Gasteiger partial charge in [0.05, 0.1) is 23.6 Å². The second-order valence-corrected chi connectivity index (χ2v) is 9.13. The molecule has 0 fully saturated rings. The van der Waals surface area contributed by atoms with Crippen molar-refractivity contribution in [3.63, 3.8) is 0 Å². The predicted octanol–water partition coefficient (Wildman–Crippen LogP) is 6.32. The van der Waals surface area contributed by atoms with Crippen LogP contribution in [0, 0.1) is 0 Å². The van der Waals surface area contributed by atoms with Crippen LogP contribution in [0.25, 0.3) is 0 Å². The molecule has 0 radical (unpaired) electrons. The highest BCUT2D eigenvalue weighted by Gasteiger charge is 2.36. The molecule has 1 aliphatic rings. The number of hydrogen-bond acceptors (Lipinski definition) is 3. The Morgan fingerprint density at radius 2 is 1.81 bits per heavy atom. The Morgan fingerprint density at radius 3 is 2.42 bits per heavy atom. The third-order valence-corrected chi connectivity index (χ3v) is 5.98. The van der Waals surface area contributed by atoms with Gasteiger partial charge < -0.3 is 10.0 Å². The fraction of sp³-hybridized carbons (Fsp3) is 0.308. The summed E-state index contributed by atoms with van der Waals surface area (Å²) >= 11 is 0. The van der Waals surface area contributed by atoms with Crippen LogP contribution < -0.4 is 9.80 Å². The molecule has 1 N–H and O–H groups in total. The number of pyridine rings is 1. The molecule has 0 unspecified atom stereocenters. The molecule has 160 valence electrons. The number of hydrogen-bond donors (Lipinski definition) is 1. The average Bonchev–Trinajstić information content (AvgIpc) is 2.98. The van der Waals surface area contributed by atoms with E-state index < -0.39 is 6.09 Å². The summed E-state index contributed by atoms with van der Waals surface area (Å²) in [5.74, 6) is 0.401. The van der Waals surface area contributed by atoms with Crippen LogP contribution in [0.4, 0.5) is 21.9 Å². The van der Waals surface area contributed by atoms with E-state index in [0.717, 1.165) is 30.0 Å². The molecule has 1 aromatic heterocycles. The van der Waals surface area contributed by atoms with Gasteiger partial charge in [-0.3, -0.25) is 4.98 Å². The lowest BCUT2D eigenvalue weighted by molar-refractivity contribution is 0.205. The van der Waals surface area contributed by atoms with Crippen LogP contribution in [0.2, 0.25) is 0 Å². The lowest BCUT2D eigenvalue weighted by atomic mass is 9.86. The number of carbonyl (C=O) groups is 1. The van der Waals surface area contributed by atoms with E-state index in [1.807, 2.05) is 66.9 Å². The summed E-state index contributed by atoms with van der Waals surface area (Å²) < 4.78 is 0. The summed E-state index contributed by atoms with van der Waals surface area (Å²) in [6.45, 7) is 10.3. The summed E-state index contributed by atoms with van der Waals surface area (Å²) in [7, 11) is 0. The molecule has 4 rings (SSSR count). The van der Waals surface area contributed by atoms with Gasteiger partial charge >= 0.3 is 6.09 Å². The zero-order chi connectivity index (χ0) is 22.2. The van der Waals surface area contributed by atoms with Crippen LogP contribution in [-0.2, 0) is 12.0 Å². The summed E-state index contributed by atoms with van der Waals surface area (Å²) in [5, 5.41) is 9.99. The van der Waals surface area contributed by atoms with Crippen LogP contribution in [0.1, 0.15) is 50.4 Å². The lowest BCUT2D eigenvalue weighted by Crippen LogP contribution is -2.28. The normalized spacial score (nSPS) is 14.5. The standard InChI is InChI=1S/C26H29N3O2/c1-18(2)19-8-10-21(11-9-19)29(25(30)31)22-12-13-24-23(15-22)26(3,4)17-28(24)16-20-7-5-6-14-27-20/h5-15,18H,16-17H2,1-4H3,(H,30,31). The van der Waals surface area contributed by atoms with Gasteiger partial charge in [0, 0.05) is 23.8 Å². The van der Waals surface area contributed by atoms with Crippen LogP contribution in [-0.4, -0.2) is 22.7 Å². The Kier molecular flexibility index (Phi) is 5.44. The van der Waals surface area contributed by atoms with E-state index in [1.165, 1.54) is 10.5 Å². The number of fused-ring (bicyclic) bond motifs is 1. The maximum Gasteiger partial charge on any atom is 0.416 e. The minimum atomic E-state index is -0.988. The van der Waals surface area contributed by atoms with Crippen molar-refractivity contribution >= 4 is 23.2 Å². The van der Waals surface area contributed by atoms with Crippen LogP contribution >= 0.6 is 0 Å². The Labute approximate surface area is 184 Å². The molecule has 5 nitrogen and oxygen atoms in total. The molecule has 0 saturated heterocycles. The van der Waals surface area contributed by atoms with Crippen LogP contribution in [0.3, 0.4) is 0 Å². The Hall–Kier alpha value is -3.34. The molecule has 0 saturated carbocycles. The van der Waals surface area contributed by atoms with Gasteiger partial charge in [-0.1, -0.05) is 45.9 Å². The highest BCUT2D eigenvalue weighted by atomic mass is 16.4. The van der Waals surface area contributed by atoms with Crippen molar-refractivity contribution in [1.29, 1.82) is 0 Å². The van der Waals surface area contributed by atoms with Gasteiger partial charge in [-0.2, -0.15) is 0 Å². The molecule has 0 bridgehead atoms. The van der Waals surface area contributed by atoms with Gasteiger partial charge in [0.1, 0.15) is 0 Å². The second-order valence-electron chi connectivity index (χ2n) is 9.13. The SMILES string of the molecule is CC(C)c1ccc(N(C(=O)O)c2ccc3c(c2)C(C)(C)CN3Cc2ccccn2)cc1. The molecule has 0 spiro atoms. The van der Waals surface area contributed by atoms with Crippen molar-refractivity contribution in [3.05, 3.63) is 83.7 Å². The third kappa shape index (κ3) is 4.13. The van der Waals surface area contributed by atoms with Crippen molar-refractivity contribution in [2.24, 2.45) is 0 Å². The summed E-state index contributed by atoms with van der Waals surface area (Å²) in [4.78, 5) is 20.3. The molecule has 2 heterocycles. The van der Waals surface area contributed by atoms with E-state index in [1.54, 1.807) is 0 Å². The van der Waals surface area contributed by atoms with E-state index in [9.17, 15) is 9.90 Å². The minimum Gasteiger partial charge on any atom is -0.464 e. The zero-order valence-corrected chi connectivity index (χ0v) is 18.5. The Morgan fingerprint density at radius 1 is 1.10 bits per heavy atom. The number of rotatable bonds is 5. The number of benzene rings is 2. The highest BCUT2D eigenvalue weighted by Crippen LogP contribution is 2.43. The van der Waals surface area contributed by atoms with Gasteiger partial charge in [0.2, 0.25) is 0 Å². The van der Waals surface area contributed by atoms with Crippen LogP contribution in [0.15, 0.2) is 66.9 Å². The number of carboxylic acid groups (broad SMARTS) is 1. The van der Waals surface area contributed by atoms with Gasteiger partial charge in [-0.25, -0.2) is 9.69 Å². The first-order valence-corrected chi connectivity index (χ1v) is 10.7. The molecule has 1 aliphatic heterocycles. The zero-order valence-electron chi connectivity index (χ0n) is 18.5. The van der Waals surface area contributed by atoms with Crippen molar-refractivity contribution in [2.75, 3.05) is 16.3 Å². The molecule has 3 aromatic rings. The first-order chi connectivity index (χ1) is 14.8. The number of anilines is 3. The predicted molar refractivity (Wildman–Crippen MR) is 125 cm³/mol. The van der Waals surface area contributed by atoms with E-state index >= 15 is 0 Å². The van der Waals surface area contributed by atoms with E-state index in [0.29, 0.717) is 17.3 Å². The average molecular weight is 416 g/mol. The fourth-order valence-electron chi connectivity index (χ4n) is 4.33. The van der Waals surface area contributed by atoms with E-state index in [2.05, 4.69) is 37.6 Å². The molecule has 0 atom stereocenters. The topological polar surface area (TPSA) is 56.7 Å². The molecular formula is C26H29N3O2. The first kappa shape index (κ1) is 20.9. The monoisotopic (exact) mass is 415 g/mol. The molecule has 5 heteroatoms. The summed E-state index contributed by atoms with van der Waals surface area (Å²) in [6.07, 6.45) is 0.828. The fourth-order valence-corrected chi connectivity index (χ4v) is 4.33. The van der Waals surface area contributed by atoms with Crippen molar-refractivity contribution < 1.29 is 9.90 Å². The molecule has 1 amide bonds. The van der Waals surface area contributed by atoms with E-state index in [4.69, 9.17) is 0 Å². The lowest BCUT2D eigenvalue weighted by Gasteiger charge is -2.23. The quantitative estimate of drug-likeness (QED) is 0.530. The van der Waals surface area contributed by atoms with Crippen molar-refractivity contribution in [2.45, 2.75) is 45.6 Å². The largest absolute Gasteiger partial charge is 0.464 e. The maximum absolute atomic E-state index is 12.2. The number of amides is 1. The van der Waals surface area contributed by atoms with Gasteiger partial charge in [0.15, 0.2) is 0 Å². The van der Waals surface area contributed by atoms with Crippen molar-refractivity contribution in [3.8, 4) is 0 Å². The molecule has 2 aromatic carbocycles. The van der Waals surface area contributed by atoms with E-state index in [-0.39, 0.29) is 5.41 Å². The number of aromatic nitrogens is 1. The molecule has 0 aliphatic carbocycles. The maximum atomic E-state index is 12.2. The van der Waals surface area contributed by atoms with Gasteiger partial charge in [0.25, 0.3) is 0 Å². The highest BCUT2D eigenvalue weighted by molar-refractivity contribution is 5.95.